The second kappa shape index (κ2) is 9.84. The highest BCUT2D eigenvalue weighted by Gasteiger charge is 2.42. The Bertz CT molecular complexity index is 451. The van der Waals surface area contributed by atoms with Crippen molar-refractivity contribution in [1.82, 2.24) is 10.4 Å². The van der Waals surface area contributed by atoms with Crippen molar-refractivity contribution in [1.29, 1.82) is 0 Å². The Morgan fingerprint density at radius 2 is 2.08 bits per heavy atom. The average Bonchev–Trinajstić information content (AvgIpc) is 2.49. The molecule has 0 aliphatic carbocycles. The van der Waals surface area contributed by atoms with Crippen molar-refractivity contribution in [2.75, 3.05) is 26.4 Å². The molecule has 0 bridgehead atoms. The molecular formula is C12H26BN2O8P. The first-order valence-electron chi connectivity index (χ1n) is 7.80. The number of hydrogen-bond donors (Lipinski definition) is 4. The van der Waals surface area contributed by atoms with Crippen LogP contribution in [0, 0.1) is 0 Å². The molecule has 140 valence electrons. The van der Waals surface area contributed by atoms with Crippen molar-refractivity contribution in [3.63, 3.8) is 0 Å². The Morgan fingerprint density at radius 3 is 2.67 bits per heavy atom. The number of nitrogens with zero attached hydrogens (tertiary/aromatic N) is 1. The lowest BCUT2D eigenvalue weighted by atomic mass is 9.96. The van der Waals surface area contributed by atoms with E-state index >= 15 is 0 Å². The van der Waals surface area contributed by atoms with Gasteiger partial charge in [0, 0.05) is 13.2 Å². The number of carbonyl (C=O) groups is 1. The van der Waals surface area contributed by atoms with E-state index in [1.165, 1.54) is 7.85 Å². The molecule has 0 aromatic rings. The van der Waals surface area contributed by atoms with Gasteiger partial charge in [0.25, 0.3) is 0 Å². The van der Waals surface area contributed by atoms with Crippen LogP contribution in [0.25, 0.3) is 0 Å². The minimum Gasteiger partial charge on any atom is -0.374 e. The number of hydrogen-bond acceptors (Lipinski definition) is 8. The van der Waals surface area contributed by atoms with Gasteiger partial charge in [0.2, 0.25) is 5.91 Å². The summed E-state index contributed by atoms with van der Waals surface area (Å²) >= 11 is 0. The fourth-order valence-electron chi connectivity index (χ4n) is 2.02. The van der Waals surface area contributed by atoms with Crippen LogP contribution in [0.1, 0.15) is 19.8 Å². The summed E-state index contributed by atoms with van der Waals surface area (Å²) in [5, 5.41) is 23.7. The Labute approximate surface area is 142 Å². The predicted molar refractivity (Wildman–Crippen MR) is 86.6 cm³/mol. The SMILES string of the molecule is BC1OC(COP(C)(=O)O)C(O)N(OCC(=O)NCCCC)C1O. The van der Waals surface area contributed by atoms with Crippen LogP contribution in [0.15, 0.2) is 0 Å². The van der Waals surface area contributed by atoms with Gasteiger partial charge in [0.1, 0.15) is 20.6 Å². The maximum absolute atomic E-state index is 11.6. The number of aliphatic hydroxyl groups is 2. The lowest BCUT2D eigenvalue weighted by molar-refractivity contribution is -0.364. The van der Waals surface area contributed by atoms with Crippen molar-refractivity contribution in [3.8, 4) is 0 Å². The molecule has 1 aliphatic rings. The van der Waals surface area contributed by atoms with Gasteiger partial charge < -0.3 is 29.7 Å². The molecule has 0 spiro atoms. The number of unbranched alkanes of at least 4 members (excludes halogenated alkanes) is 1. The standard InChI is InChI=1S/C12H26BN2O8P/c1-3-4-5-14-9(16)7-21-15-11(17)8(6-22-24(2,19)20)23-10(13)12(15)18/h8,10-12,17-18H,3-7,13H2,1-2H3,(H,14,16)(H,19,20). The molecule has 4 N–H and O–H groups in total. The van der Waals surface area contributed by atoms with Gasteiger partial charge in [-0.3, -0.25) is 14.2 Å². The van der Waals surface area contributed by atoms with E-state index in [1.807, 2.05) is 6.92 Å². The summed E-state index contributed by atoms with van der Waals surface area (Å²) in [6, 6.07) is -0.764. The molecule has 10 nitrogen and oxygen atoms in total. The fourth-order valence-corrected chi connectivity index (χ4v) is 2.45. The summed E-state index contributed by atoms with van der Waals surface area (Å²) in [4.78, 5) is 26.0. The topological polar surface area (TPSA) is 138 Å². The van der Waals surface area contributed by atoms with Gasteiger partial charge in [-0.25, -0.2) is 0 Å². The van der Waals surface area contributed by atoms with E-state index in [9.17, 15) is 19.6 Å². The number of aliphatic hydroxyl groups excluding tert-OH is 2. The van der Waals surface area contributed by atoms with E-state index in [-0.39, 0.29) is 19.1 Å². The molecule has 1 heterocycles. The van der Waals surface area contributed by atoms with Crippen LogP contribution in [0.5, 0.6) is 0 Å². The predicted octanol–water partition coefficient (Wildman–Crippen LogP) is -2.04. The quantitative estimate of drug-likeness (QED) is 0.206. The van der Waals surface area contributed by atoms with Gasteiger partial charge in [-0.2, -0.15) is 0 Å². The molecule has 24 heavy (non-hydrogen) atoms. The Balaban J connectivity index is 2.56. The van der Waals surface area contributed by atoms with Crippen molar-refractivity contribution in [2.45, 2.75) is 44.3 Å². The number of ether oxygens (including phenoxy) is 1. The van der Waals surface area contributed by atoms with Gasteiger partial charge in [-0.1, -0.05) is 13.3 Å². The second-order valence-corrected chi connectivity index (χ2v) is 7.51. The molecule has 1 aliphatic heterocycles. The van der Waals surface area contributed by atoms with Crippen LogP contribution in [-0.2, 0) is 23.5 Å². The van der Waals surface area contributed by atoms with E-state index in [0.29, 0.717) is 6.54 Å². The van der Waals surface area contributed by atoms with Crippen molar-refractivity contribution >= 4 is 21.3 Å². The van der Waals surface area contributed by atoms with Crippen LogP contribution in [0.4, 0.5) is 0 Å². The average molecular weight is 368 g/mol. The summed E-state index contributed by atoms with van der Waals surface area (Å²) in [5.74, 6) is -0.386. The maximum atomic E-state index is 11.6. The first-order valence-corrected chi connectivity index (χ1v) is 9.82. The Morgan fingerprint density at radius 1 is 1.42 bits per heavy atom. The first-order chi connectivity index (χ1) is 11.2. The minimum absolute atomic E-state index is 0.370. The number of morpholine rings is 1. The molecule has 0 aromatic carbocycles. The third kappa shape index (κ3) is 7.16. The van der Waals surface area contributed by atoms with Gasteiger partial charge in [0.05, 0.1) is 12.6 Å². The van der Waals surface area contributed by atoms with E-state index in [2.05, 4.69) is 5.32 Å². The molecular weight excluding hydrogens is 342 g/mol. The van der Waals surface area contributed by atoms with Gasteiger partial charge in [-0.15, -0.1) is 5.06 Å². The zero-order valence-electron chi connectivity index (χ0n) is 14.1. The monoisotopic (exact) mass is 368 g/mol. The summed E-state index contributed by atoms with van der Waals surface area (Å²) in [5.41, 5.74) is 0. The van der Waals surface area contributed by atoms with Gasteiger partial charge in [-0.05, 0) is 6.42 Å². The van der Waals surface area contributed by atoms with Crippen LogP contribution < -0.4 is 5.32 Å². The summed E-state index contributed by atoms with van der Waals surface area (Å²) in [6.07, 6.45) is -2.02. The third-order valence-corrected chi connectivity index (χ3v) is 3.97. The summed E-state index contributed by atoms with van der Waals surface area (Å²) in [7, 11) is -2.20. The second-order valence-electron chi connectivity index (χ2n) is 5.64. The molecule has 1 amide bonds. The number of rotatable bonds is 9. The number of carbonyl (C=O) groups excluding carboxylic acids is 1. The number of nitrogens with one attached hydrogen (secondary N) is 1. The fraction of sp³-hybridized carbons (Fsp3) is 0.917. The lowest BCUT2D eigenvalue weighted by Crippen LogP contribution is -2.62. The molecule has 0 radical (unpaired) electrons. The molecule has 0 aromatic heterocycles. The zero-order chi connectivity index (χ0) is 18.3. The molecule has 0 saturated carbocycles. The van der Waals surface area contributed by atoms with Crippen LogP contribution in [-0.4, -0.2) is 84.9 Å². The van der Waals surface area contributed by atoms with Crippen molar-refractivity contribution in [2.24, 2.45) is 0 Å². The van der Waals surface area contributed by atoms with Crippen molar-refractivity contribution < 1.29 is 38.6 Å². The molecule has 12 heteroatoms. The molecule has 1 saturated heterocycles. The molecule has 1 rings (SSSR count). The zero-order valence-corrected chi connectivity index (χ0v) is 15.0. The van der Waals surface area contributed by atoms with E-state index in [1.54, 1.807) is 0 Å². The van der Waals surface area contributed by atoms with E-state index < -0.39 is 32.2 Å². The molecule has 5 unspecified atom stereocenters. The highest BCUT2D eigenvalue weighted by molar-refractivity contribution is 7.51. The van der Waals surface area contributed by atoms with Gasteiger partial charge in [0.15, 0.2) is 12.5 Å². The Kier molecular flexibility index (Phi) is 8.82. The Hall–Kier alpha value is -0.515. The minimum atomic E-state index is -3.74. The first kappa shape index (κ1) is 21.5. The normalized spacial score (nSPS) is 30.7. The summed E-state index contributed by atoms with van der Waals surface area (Å²) < 4.78 is 21.3. The highest BCUT2D eigenvalue weighted by Crippen LogP contribution is 2.37. The molecule has 5 atom stereocenters. The van der Waals surface area contributed by atoms with Gasteiger partial charge >= 0.3 is 7.60 Å². The van der Waals surface area contributed by atoms with E-state index in [4.69, 9.17) is 19.0 Å². The third-order valence-electron chi connectivity index (χ3n) is 3.34. The van der Waals surface area contributed by atoms with Crippen LogP contribution in [0.2, 0.25) is 0 Å². The van der Waals surface area contributed by atoms with Crippen molar-refractivity contribution in [3.05, 3.63) is 0 Å². The summed E-state index contributed by atoms with van der Waals surface area (Å²) in [6.45, 7) is 2.77. The van der Waals surface area contributed by atoms with Crippen LogP contribution in [0.3, 0.4) is 0 Å². The number of hydroxylamine groups is 2. The molecule has 1 fully saturated rings. The highest BCUT2D eigenvalue weighted by atomic mass is 31.2. The smallest absolute Gasteiger partial charge is 0.325 e. The lowest BCUT2D eigenvalue weighted by Gasteiger charge is -2.43. The maximum Gasteiger partial charge on any atom is 0.325 e. The number of amides is 1. The largest absolute Gasteiger partial charge is 0.374 e. The van der Waals surface area contributed by atoms with Crippen LogP contribution >= 0.6 is 7.60 Å². The van der Waals surface area contributed by atoms with E-state index in [0.717, 1.165) is 24.6 Å².